The minimum atomic E-state index is 0.559. The molecule has 0 bridgehead atoms. The second-order valence-corrected chi connectivity index (χ2v) is 4.75. The van der Waals surface area contributed by atoms with Crippen LogP contribution < -0.4 is 5.32 Å². The SMILES string of the molecule is CCCNC(CCOC)Cc1cccs1. The highest BCUT2D eigenvalue weighted by atomic mass is 32.1. The van der Waals surface area contributed by atoms with Gasteiger partial charge in [0.15, 0.2) is 0 Å². The Labute approximate surface area is 96.7 Å². The zero-order valence-electron chi connectivity index (χ0n) is 9.66. The van der Waals surface area contributed by atoms with E-state index < -0.39 is 0 Å². The number of ether oxygens (including phenoxy) is 1. The van der Waals surface area contributed by atoms with Crippen molar-refractivity contribution in [3.63, 3.8) is 0 Å². The average Bonchev–Trinajstić information content (AvgIpc) is 2.74. The molecule has 0 aliphatic carbocycles. The molecule has 1 heterocycles. The van der Waals surface area contributed by atoms with Crippen molar-refractivity contribution in [2.45, 2.75) is 32.2 Å². The summed E-state index contributed by atoms with van der Waals surface area (Å²) in [5.74, 6) is 0. The second-order valence-electron chi connectivity index (χ2n) is 3.72. The lowest BCUT2D eigenvalue weighted by molar-refractivity contribution is 0.182. The highest BCUT2D eigenvalue weighted by molar-refractivity contribution is 7.09. The van der Waals surface area contributed by atoms with E-state index in [0.717, 1.165) is 26.0 Å². The van der Waals surface area contributed by atoms with Crippen LogP contribution in [0.1, 0.15) is 24.6 Å². The maximum absolute atomic E-state index is 5.13. The van der Waals surface area contributed by atoms with Crippen molar-refractivity contribution in [1.29, 1.82) is 0 Å². The first-order chi connectivity index (χ1) is 7.36. The van der Waals surface area contributed by atoms with E-state index in [9.17, 15) is 0 Å². The number of rotatable bonds is 8. The van der Waals surface area contributed by atoms with Crippen molar-refractivity contribution in [2.24, 2.45) is 0 Å². The number of hydrogen-bond donors (Lipinski definition) is 1. The Morgan fingerprint density at radius 2 is 2.40 bits per heavy atom. The molecule has 1 unspecified atom stereocenters. The van der Waals surface area contributed by atoms with Gasteiger partial charge in [0.1, 0.15) is 0 Å². The molecule has 0 saturated carbocycles. The lowest BCUT2D eigenvalue weighted by atomic mass is 10.1. The van der Waals surface area contributed by atoms with Crippen LogP contribution in [-0.2, 0) is 11.2 Å². The average molecular weight is 227 g/mol. The van der Waals surface area contributed by atoms with E-state index in [1.165, 1.54) is 11.3 Å². The number of hydrogen-bond acceptors (Lipinski definition) is 3. The predicted molar refractivity (Wildman–Crippen MR) is 66.6 cm³/mol. The van der Waals surface area contributed by atoms with Crippen LogP contribution in [0.3, 0.4) is 0 Å². The van der Waals surface area contributed by atoms with E-state index in [-0.39, 0.29) is 0 Å². The molecule has 1 atom stereocenters. The molecule has 1 N–H and O–H groups in total. The molecule has 0 radical (unpaired) electrons. The predicted octanol–water partition coefficient (Wildman–Crippen LogP) is 2.70. The first kappa shape index (κ1) is 12.7. The highest BCUT2D eigenvalue weighted by Gasteiger charge is 2.08. The summed E-state index contributed by atoms with van der Waals surface area (Å²) in [6, 6.07) is 4.88. The number of methoxy groups -OCH3 is 1. The van der Waals surface area contributed by atoms with Gasteiger partial charge in [0.05, 0.1) is 0 Å². The monoisotopic (exact) mass is 227 g/mol. The maximum atomic E-state index is 5.13. The topological polar surface area (TPSA) is 21.3 Å². The van der Waals surface area contributed by atoms with Gasteiger partial charge in [0, 0.05) is 24.6 Å². The van der Waals surface area contributed by atoms with Crippen LogP contribution in [0.4, 0.5) is 0 Å². The molecule has 0 aliphatic heterocycles. The fourth-order valence-electron chi connectivity index (χ4n) is 1.56. The zero-order valence-corrected chi connectivity index (χ0v) is 10.5. The first-order valence-electron chi connectivity index (χ1n) is 5.61. The van der Waals surface area contributed by atoms with Gasteiger partial charge in [-0.3, -0.25) is 0 Å². The van der Waals surface area contributed by atoms with Crippen LogP contribution in [0.5, 0.6) is 0 Å². The molecule has 0 saturated heterocycles. The van der Waals surface area contributed by atoms with Gasteiger partial charge in [-0.25, -0.2) is 0 Å². The smallest absolute Gasteiger partial charge is 0.0477 e. The molecule has 3 heteroatoms. The number of thiophene rings is 1. The number of nitrogens with one attached hydrogen (secondary N) is 1. The quantitative estimate of drug-likeness (QED) is 0.737. The lowest BCUT2D eigenvalue weighted by Crippen LogP contribution is -2.32. The van der Waals surface area contributed by atoms with Crippen molar-refractivity contribution in [3.8, 4) is 0 Å². The summed E-state index contributed by atoms with van der Waals surface area (Å²) in [7, 11) is 1.77. The summed E-state index contributed by atoms with van der Waals surface area (Å²) >= 11 is 1.84. The van der Waals surface area contributed by atoms with Crippen LogP contribution in [-0.4, -0.2) is 26.3 Å². The fraction of sp³-hybridized carbons (Fsp3) is 0.667. The molecule has 0 spiro atoms. The minimum Gasteiger partial charge on any atom is -0.385 e. The molecule has 2 nitrogen and oxygen atoms in total. The summed E-state index contributed by atoms with van der Waals surface area (Å²) in [6.45, 7) is 4.14. The molecular weight excluding hydrogens is 206 g/mol. The maximum Gasteiger partial charge on any atom is 0.0477 e. The van der Waals surface area contributed by atoms with Gasteiger partial charge in [-0.05, 0) is 37.3 Å². The standard InChI is InChI=1S/C12H21NOS/c1-3-7-13-11(6-8-14-2)10-12-5-4-9-15-12/h4-5,9,11,13H,3,6-8,10H2,1-2H3. The summed E-state index contributed by atoms with van der Waals surface area (Å²) < 4.78 is 5.13. The Kier molecular flexibility index (Phi) is 6.64. The van der Waals surface area contributed by atoms with Gasteiger partial charge in [-0.1, -0.05) is 13.0 Å². The van der Waals surface area contributed by atoms with Crippen LogP contribution >= 0.6 is 11.3 Å². The van der Waals surface area contributed by atoms with Gasteiger partial charge < -0.3 is 10.1 Å². The molecule has 0 aliphatic rings. The molecular formula is C12H21NOS. The van der Waals surface area contributed by atoms with E-state index >= 15 is 0 Å². The summed E-state index contributed by atoms with van der Waals surface area (Å²) in [5, 5.41) is 5.71. The summed E-state index contributed by atoms with van der Waals surface area (Å²) in [5.41, 5.74) is 0. The molecule has 1 aromatic rings. The first-order valence-corrected chi connectivity index (χ1v) is 6.49. The molecule has 0 aromatic carbocycles. The van der Waals surface area contributed by atoms with Crippen molar-refractivity contribution in [1.82, 2.24) is 5.32 Å². The molecule has 15 heavy (non-hydrogen) atoms. The summed E-state index contributed by atoms with van der Waals surface area (Å²) in [6.07, 6.45) is 3.41. The Morgan fingerprint density at radius 1 is 1.53 bits per heavy atom. The zero-order chi connectivity index (χ0) is 10.9. The van der Waals surface area contributed by atoms with Gasteiger partial charge in [-0.15, -0.1) is 11.3 Å². The fourth-order valence-corrected chi connectivity index (χ4v) is 2.34. The van der Waals surface area contributed by atoms with E-state index in [0.29, 0.717) is 6.04 Å². The molecule has 1 rings (SSSR count). The van der Waals surface area contributed by atoms with Crippen molar-refractivity contribution < 1.29 is 4.74 Å². The van der Waals surface area contributed by atoms with Crippen LogP contribution in [0.25, 0.3) is 0 Å². The molecule has 86 valence electrons. The molecule has 1 aromatic heterocycles. The summed E-state index contributed by atoms with van der Waals surface area (Å²) in [4.78, 5) is 1.46. The van der Waals surface area contributed by atoms with Crippen LogP contribution in [0.15, 0.2) is 17.5 Å². The Hall–Kier alpha value is -0.380. The van der Waals surface area contributed by atoms with Gasteiger partial charge in [0.25, 0.3) is 0 Å². The van der Waals surface area contributed by atoms with Crippen molar-refractivity contribution in [2.75, 3.05) is 20.3 Å². The lowest BCUT2D eigenvalue weighted by Gasteiger charge is -2.17. The molecule has 0 amide bonds. The van der Waals surface area contributed by atoms with Crippen molar-refractivity contribution >= 4 is 11.3 Å². The second kappa shape index (κ2) is 7.85. The van der Waals surface area contributed by atoms with Gasteiger partial charge in [0.2, 0.25) is 0 Å². The minimum absolute atomic E-state index is 0.559. The van der Waals surface area contributed by atoms with E-state index in [4.69, 9.17) is 4.74 Å². The Bertz CT molecular complexity index is 228. The third kappa shape index (κ3) is 5.30. The Balaban J connectivity index is 2.33. The third-order valence-electron chi connectivity index (χ3n) is 2.38. The van der Waals surface area contributed by atoms with Gasteiger partial charge in [-0.2, -0.15) is 0 Å². The van der Waals surface area contributed by atoms with Crippen molar-refractivity contribution in [3.05, 3.63) is 22.4 Å². The highest BCUT2D eigenvalue weighted by Crippen LogP contribution is 2.12. The van der Waals surface area contributed by atoms with E-state index in [1.54, 1.807) is 7.11 Å². The normalized spacial score (nSPS) is 12.9. The molecule has 0 fully saturated rings. The van der Waals surface area contributed by atoms with Crippen LogP contribution in [0.2, 0.25) is 0 Å². The van der Waals surface area contributed by atoms with E-state index in [2.05, 4.69) is 29.8 Å². The van der Waals surface area contributed by atoms with E-state index in [1.807, 2.05) is 11.3 Å². The third-order valence-corrected chi connectivity index (χ3v) is 3.28. The largest absolute Gasteiger partial charge is 0.385 e. The van der Waals surface area contributed by atoms with Gasteiger partial charge >= 0.3 is 0 Å². The van der Waals surface area contributed by atoms with Crippen LogP contribution in [0, 0.1) is 0 Å². The Morgan fingerprint density at radius 3 is 3.00 bits per heavy atom.